The number of fused-ring (bicyclic) bond motifs is 15. The summed E-state index contributed by atoms with van der Waals surface area (Å²) in [7, 11) is 0. The number of hydrogen-bond acceptors (Lipinski definition) is 2. The summed E-state index contributed by atoms with van der Waals surface area (Å²) in [5.41, 5.74) is 16.5. The Balaban J connectivity index is 0.979. The molecule has 2 unspecified atom stereocenters. The number of allylic oxidation sites excluding steroid dienone is 4. The van der Waals surface area contributed by atoms with Crippen molar-refractivity contribution in [2.45, 2.75) is 11.8 Å². The third-order valence-corrected chi connectivity index (χ3v) is 12.7. The van der Waals surface area contributed by atoms with Gasteiger partial charge in [-0.15, -0.1) is 0 Å². The van der Waals surface area contributed by atoms with Gasteiger partial charge in [0.05, 0.1) is 22.2 Å². The van der Waals surface area contributed by atoms with Crippen LogP contribution in [0.1, 0.15) is 23.0 Å². The maximum Gasteiger partial charge on any atom is 0.159 e. The van der Waals surface area contributed by atoms with E-state index >= 15 is 0 Å². The molecule has 0 aliphatic heterocycles. The number of para-hydroxylation sites is 4. The van der Waals surface area contributed by atoms with Gasteiger partial charge in [-0.05, 0) is 88.0 Å². The molecule has 2 atom stereocenters. The number of anilines is 3. The van der Waals surface area contributed by atoms with Gasteiger partial charge in [-0.25, -0.2) is 0 Å². The van der Waals surface area contributed by atoms with Crippen molar-refractivity contribution in [3.63, 3.8) is 0 Å². The van der Waals surface area contributed by atoms with E-state index in [9.17, 15) is 0 Å². The molecular formula is C54H34N2O. The van der Waals surface area contributed by atoms with Crippen LogP contribution in [-0.2, 0) is 0 Å². The molecule has 2 aliphatic carbocycles. The van der Waals surface area contributed by atoms with E-state index in [0.29, 0.717) is 5.92 Å². The second-order valence-electron chi connectivity index (χ2n) is 15.6. The van der Waals surface area contributed by atoms with Crippen LogP contribution in [-0.4, -0.2) is 4.40 Å². The van der Waals surface area contributed by atoms with Gasteiger partial charge >= 0.3 is 0 Å². The predicted molar refractivity (Wildman–Crippen MR) is 238 cm³/mol. The van der Waals surface area contributed by atoms with Crippen molar-refractivity contribution in [1.29, 1.82) is 0 Å². The SMILES string of the molecule is C1=CC2c3ccccc3-c3ccc(N(c4ccc(-c5ccc6c(c5)c5cccc7c8ccccc8n6c75)cc4)c4cccc5c4oc4ccccc45)cc3C2C=C1. The van der Waals surface area contributed by atoms with E-state index in [-0.39, 0.29) is 5.92 Å². The van der Waals surface area contributed by atoms with Crippen molar-refractivity contribution >= 4 is 77.1 Å². The average Bonchev–Trinajstić information content (AvgIpc) is 3.94. The lowest BCUT2D eigenvalue weighted by molar-refractivity contribution is 0.669. The Kier molecular flexibility index (Phi) is 6.28. The monoisotopic (exact) mass is 726 g/mol. The molecule has 0 amide bonds. The molecule has 0 fully saturated rings. The molecule has 3 aromatic heterocycles. The van der Waals surface area contributed by atoms with Crippen molar-refractivity contribution in [3.8, 4) is 22.3 Å². The highest BCUT2D eigenvalue weighted by Gasteiger charge is 2.32. The second kappa shape index (κ2) is 11.6. The average molecular weight is 727 g/mol. The van der Waals surface area contributed by atoms with Gasteiger partial charge < -0.3 is 13.7 Å². The fourth-order valence-electron chi connectivity index (χ4n) is 10.2. The molecule has 3 heteroatoms. The summed E-state index contributed by atoms with van der Waals surface area (Å²) in [6.45, 7) is 0. The lowest BCUT2D eigenvalue weighted by atomic mass is 9.70. The Morgan fingerprint density at radius 3 is 1.98 bits per heavy atom. The highest BCUT2D eigenvalue weighted by molar-refractivity contribution is 6.23. The van der Waals surface area contributed by atoms with Gasteiger partial charge in [-0.3, -0.25) is 0 Å². The van der Waals surface area contributed by atoms with Crippen LogP contribution in [0.2, 0.25) is 0 Å². The Hall–Kier alpha value is -7.36. The number of furan rings is 1. The minimum Gasteiger partial charge on any atom is -0.454 e. The lowest BCUT2D eigenvalue weighted by Crippen LogP contribution is -2.18. The summed E-state index contributed by atoms with van der Waals surface area (Å²) >= 11 is 0. The minimum absolute atomic E-state index is 0.261. The standard InChI is InChI=1S/C54H34N2O/c1-2-13-39-37(11-1)38-12-3-4-14-40(38)47-32-36(28-29-41(39)47)55(51-21-10-19-46-43-16-6-8-22-52(43)57-54(46)51)35-26-23-33(24-27-35)34-25-30-50-48(31-34)45-18-9-17-44-42-15-5-7-20-49(42)56(50)53(44)45/h1-32,38,40H. The molecule has 0 radical (unpaired) electrons. The molecule has 0 bridgehead atoms. The lowest BCUT2D eigenvalue weighted by Gasteiger charge is -2.35. The van der Waals surface area contributed by atoms with Gasteiger partial charge in [0.25, 0.3) is 0 Å². The van der Waals surface area contributed by atoms with Crippen LogP contribution < -0.4 is 4.90 Å². The van der Waals surface area contributed by atoms with Crippen LogP contribution in [0.3, 0.4) is 0 Å². The number of rotatable bonds is 4. The van der Waals surface area contributed by atoms with Crippen molar-refractivity contribution in [2.24, 2.45) is 0 Å². The van der Waals surface area contributed by atoms with Crippen LogP contribution in [0.4, 0.5) is 17.1 Å². The van der Waals surface area contributed by atoms with E-state index in [2.05, 4.69) is 197 Å². The van der Waals surface area contributed by atoms with Gasteiger partial charge in [0, 0.05) is 55.5 Å². The Bertz CT molecular complexity index is 3490. The maximum absolute atomic E-state index is 6.69. The Morgan fingerprint density at radius 1 is 0.439 bits per heavy atom. The van der Waals surface area contributed by atoms with Crippen LogP contribution in [0.15, 0.2) is 199 Å². The molecule has 266 valence electrons. The predicted octanol–water partition coefficient (Wildman–Crippen LogP) is 14.8. The minimum atomic E-state index is 0.261. The van der Waals surface area contributed by atoms with Crippen molar-refractivity contribution in [3.05, 3.63) is 205 Å². The fraction of sp³-hybridized carbons (Fsp3) is 0.0370. The highest BCUT2D eigenvalue weighted by Crippen LogP contribution is 2.52. The molecule has 2 aliphatic rings. The molecule has 0 saturated heterocycles. The summed E-state index contributed by atoms with van der Waals surface area (Å²) in [4.78, 5) is 2.38. The molecule has 13 rings (SSSR count). The first-order valence-electron chi connectivity index (χ1n) is 19.8. The van der Waals surface area contributed by atoms with Crippen molar-refractivity contribution in [1.82, 2.24) is 4.40 Å². The Morgan fingerprint density at radius 2 is 1.09 bits per heavy atom. The van der Waals surface area contributed by atoms with E-state index in [0.717, 1.165) is 39.0 Å². The van der Waals surface area contributed by atoms with E-state index in [1.54, 1.807) is 0 Å². The molecule has 57 heavy (non-hydrogen) atoms. The molecule has 0 saturated carbocycles. The first-order valence-corrected chi connectivity index (χ1v) is 19.8. The number of benzene rings is 8. The molecule has 11 aromatic rings. The number of aromatic nitrogens is 1. The summed E-state index contributed by atoms with van der Waals surface area (Å²) in [5.74, 6) is 0.569. The molecule has 8 aromatic carbocycles. The summed E-state index contributed by atoms with van der Waals surface area (Å²) in [6, 6.07) is 62.3. The van der Waals surface area contributed by atoms with Gasteiger partial charge in [-0.1, -0.05) is 140 Å². The topological polar surface area (TPSA) is 20.8 Å². The first kappa shape index (κ1) is 30.9. The van der Waals surface area contributed by atoms with E-state index in [1.165, 1.54) is 71.5 Å². The molecular weight excluding hydrogens is 693 g/mol. The van der Waals surface area contributed by atoms with Crippen LogP contribution in [0, 0.1) is 0 Å². The highest BCUT2D eigenvalue weighted by atomic mass is 16.3. The van der Waals surface area contributed by atoms with Crippen molar-refractivity contribution in [2.75, 3.05) is 4.90 Å². The van der Waals surface area contributed by atoms with Gasteiger partial charge in [0.2, 0.25) is 0 Å². The van der Waals surface area contributed by atoms with Crippen molar-refractivity contribution < 1.29 is 4.42 Å². The number of hydrogen-bond donors (Lipinski definition) is 0. The van der Waals surface area contributed by atoms with E-state index < -0.39 is 0 Å². The molecule has 3 heterocycles. The summed E-state index contributed by atoms with van der Waals surface area (Å²) < 4.78 is 9.14. The van der Waals surface area contributed by atoms with E-state index in [1.807, 2.05) is 6.07 Å². The molecule has 0 spiro atoms. The van der Waals surface area contributed by atoms with Crippen LogP contribution in [0.25, 0.3) is 82.3 Å². The summed E-state index contributed by atoms with van der Waals surface area (Å²) in [5, 5.41) is 7.43. The summed E-state index contributed by atoms with van der Waals surface area (Å²) in [6.07, 6.45) is 9.14. The Labute approximate surface area is 329 Å². The maximum atomic E-state index is 6.69. The largest absolute Gasteiger partial charge is 0.454 e. The van der Waals surface area contributed by atoms with Gasteiger partial charge in [0.15, 0.2) is 5.58 Å². The first-order chi connectivity index (χ1) is 28.3. The second-order valence-corrected chi connectivity index (χ2v) is 15.6. The quantitative estimate of drug-likeness (QED) is 0.180. The van der Waals surface area contributed by atoms with Crippen LogP contribution >= 0.6 is 0 Å². The molecule has 0 N–H and O–H groups in total. The van der Waals surface area contributed by atoms with Gasteiger partial charge in [-0.2, -0.15) is 0 Å². The third-order valence-electron chi connectivity index (χ3n) is 12.7. The number of nitrogens with zero attached hydrogens (tertiary/aromatic N) is 2. The van der Waals surface area contributed by atoms with Crippen LogP contribution in [0.5, 0.6) is 0 Å². The fourth-order valence-corrected chi connectivity index (χ4v) is 10.2. The normalized spacial score (nSPS) is 15.9. The zero-order valence-corrected chi connectivity index (χ0v) is 30.9. The zero-order chi connectivity index (χ0) is 37.2. The zero-order valence-electron chi connectivity index (χ0n) is 30.9. The van der Waals surface area contributed by atoms with Gasteiger partial charge in [0.1, 0.15) is 5.58 Å². The van der Waals surface area contributed by atoms with E-state index in [4.69, 9.17) is 4.42 Å². The smallest absolute Gasteiger partial charge is 0.159 e. The third kappa shape index (κ3) is 4.31. The molecule has 3 nitrogen and oxygen atoms in total.